The highest BCUT2D eigenvalue weighted by molar-refractivity contribution is 5.73. The number of carbonyl (C=O) groups is 1. The molecule has 0 radical (unpaired) electrons. The van der Waals surface area contributed by atoms with Gasteiger partial charge in [0, 0.05) is 13.1 Å². The minimum absolute atomic E-state index is 0.172. The highest BCUT2D eigenvalue weighted by Gasteiger charge is 1.98. The summed E-state index contributed by atoms with van der Waals surface area (Å²) in [5, 5.41) is 5.50. The molecule has 0 aliphatic carbocycles. The zero-order valence-electron chi connectivity index (χ0n) is 11.7. The Hall–Kier alpha value is -1.97. The van der Waals surface area contributed by atoms with Gasteiger partial charge in [-0.05, 0) is 25.7 Å². The van der Waals surface area contributed by atoms with Gasteiger partial charge in [-0.15, -0.1) is 0 Å². The van der Waals surface area contributed by atoms with E-state index < -0.39 is 0 Å². The van der Waals surface area contributed by atoms with Crippen molar-refractivity contribution in [3.05, 3.63) is 0 Å². The van der Waals surface area contributed by atoms with Crippen LogP contribution in [-0.4, -0.2) is 44.4 Å². The van der Waals surface area contributed by atoms with Crippen LogP contribution in [0.1, 0.15) is 38.5 Å². The molecule has 0 heterocycles. The van der Waals surface area contributed by atoms with Crippen LogP contribution in [-0.2, 0) is 9.59 Å². The summed E-state index contributed by atoms with van der Waals surface area (Å²) >= 11 is 0. The third-order valence-corrected chi connectivity index (χ3v) is 2.59. The molecule has 0 bridgehead atoms. The van der Waals surface area contributed by atoms with E-state index in [1.807, 2.05) is 0 Å². The third kappa shape index (κ3) is 14.1. The molecule has 0 spiro atoms. The molecule has 0 aliphatic rings. The van der Waals surface area contributed by atoms with E-state index in [1.165, 1.54) is 12.2 Å². The standard InChI is InChI=1S/C13H22N4O3/c18-11-14-7-3-1-2-4-9-16-13(20)17-10-6-5-8-15-12-19/h1-10H2,(H2,16,17,20). The highest BCUT2D eigenvalue weighted by Crippen LogP contribution is 1.98. The lowest BCUT2D eigenvalue weighted by molar-refractivity contribution is 0.240. The Kier molecular flexibility index (Phi) is 13.6. The van der Waals surface area contributed by atoms with Crippen molar-refractivity contribution in [3.8, 4) is 0 Å². The fourth-order valence-corrected chi connectivity index (χ4v) is 1.54. The van der Waals surface area contributed by atoms with Crippen LogP contribution < -0.4 is 10.6 Å². The molecule has 7 heteroatoms. The van der Waals surface area contributed by atoms with E-state index in [0.29, 0.717) is 26.2 Å². The Morgan fingerprint density at radius 3 is 1.75 bits per heavy atom. The monoisotopic (exact) mass is 282 g/mol. The van der Waals surface area contributed by atoms with Crippen molar-refractivity contribution in [2.45, 2.75) is 38.5 Å². The fraction of sp³-hybridized carbons (Fsp3) is 0.769. The van der Waals surface area contributed by atoms with Crippen molar-refractivity contribution in [1.29, 1.82) is 0 Å². The third-order valence-electron chi connectivity index (χ3n) is 2.59. The topological polar surface area (TPSA) is 100.0 Å². The number of rotatable bonds is 12. The molecule has 0 aromatic rings. The van der Waals surface area contributed by atoms with E-state index in [1.54, 1.807) is 0 Å². The van der Waals surface area contributed by atoms with Crippen LogP contribution in [0.4, 0.5) is 4.79 Å². The summed E-state index contributed by atoms with van der Waals surface area (Å²) in [5.74, 6) is 0. The molecular weight excluding hydrogens is 260 g/mol. The molecule has 0 rings (SSSR count). The zero-order valence-corrected chi connectivity index (χ0v) is 11.7. The first-order valence-electron chi connectivity index (χ1n) is 6.90. The Labute approximate surface area is 118 Å². The molecule has 0 aromatic carbocycles. The number of hydrogen-bond donors (Lipinski definition) is 2. The van der Waals surface area contributed by atoms with Gasteiger partial charge in [-0.2, -0.15) is 0 Å². The smallest absolute Gasteiger partial charge is 0.314 e. The molecule has 0 aliphatic heterocycles. The van der Waals surface area contributed by atoms with Gasteiger partial charge < -0.3 is 10.6 Å². The maximum absolute atomic E-state index is 11.3. The van der Waals surface area contributed by atoms with Gasteiger partial charge in [-0.25, -0.2) is 24.4 Å². The number of aliphatic imine (C=N–C) groups is 2. The molecule has 0 fully saturated rings. The number of carbonyl (C=O) groups excluding carboxylic acids is 3. The quantitative estimate of drug-likeness (QED) is 0.320. The van der Waals surface area contributed by atoms with E-state index in [2.05, 4.69) is 20.6 Å². The molecule has 2 amide bonds. The summed E-state index contributed by atoms with van der Waals surface area (Å²) in [6.07, 6.45) is 8.31. The maximum Gasteiger partial charge on any atom is 0.314 e. The first-order chi connectivity index (χ1) is 9.81. The van der Waals surface area contributed by atoms with Crippen molar-refractivity contribution >= 4 is 18.2 Å². The lowest BCUT2D eigenvalue weighted by Crippen LogP contribution is -2.36. The van der Waals surface area contributed by atoms with Gasteiger partial charge in [-0.1, -0.05) is 12.8 Å². The SMILES string of the molecule is O=C=NCCCCCCNC(=O)NCCCCN=C=O. The lowest BCUT2D eigenvalue weighted by Gasteiger charge is -2.06. The van der Waals surface area contributed by atoms with Crippen LogP contribution in [0.15, 0.2) is 9.98 Å². The number of hydrogen-bond acceptors (Lipinski definition) is 5. The number of isocyanates is 2. The maximum atomic E-state index is 11.3. The second-order valence-corrected chi connectivity index (χ2v) is 4.25. The van der Waals surface area contributed by atoms with Crippen molar-refractivity contribution in [2.75, 3.05) is 26.2 Å². The van der Waals surface area contributed by atoms with Gasteiger partial charge in [0.2, 0.25) is 12.2 Å². The molecule has 0 saturated carbocycles. The average Bonchev–Trinajstić information content (AvgIpc) is 2.45. The van der Waals surface area contributed by atoms with Gasteiger partial charge in [0.25, 0.3) is 0 Å². The number of nitrogens with one attached hydrogen (secondary N) is 2. The van der Waals surface area contributed by atoms with Crippen LogP contribution in [0.2, 0.25) is 0 Å². The first-order valence-corrected chi connectivity index (χ1v) is 6.90. The van der Waals surface area contributed by atoms with Crippen molar-refractivity contribution in [3.63, 3.8) is 0 Å². The molecular formula is C13H22N4O3. The minimum atomic E-state index is -0.172. The van der Waals surface area contributed by atoms with E-state index in [9.17, 15) is 14.4 Å². The normalized spacial score (nSPS) is 9.20. The van der Waals surface area contributed by atoms with Crippen LogP contribution >= 0.6 is 0 Å². The van der Waals surface area contributed by atoms with Gasteiger partial charge in [-0.3, -0.25) is 0 Å². The zero-order chi connectivity index (χ0) is 14.9. The molecule has 20 heavy (non-hydrogen) atoms. The summed E-state index contributed by atoms with van der Waals surface area (Å²) < 4.78 is 0. The first kappa shape index (κ1) is 18.0. The number of amides is 2. The van der Waals surface area contributed by atoms with Crippen LogP contribution in [0.25, 0.3) is 0 Å². The molecule has 7 nitrogen and oxygen atoms in total. The van der Waals surface area contributed by atoms with Gasteiger partial charge in [0.05, 0.1) is 13.1 Å². The van der Waals surface area contributed by atoms with Gasteiger partial charge in [0.15, 0.2) is 0 Å². The largest absolute Gasteiger partial charge is 0.338 e. The predicted octanol–water partition coefficient (Wildman–Crippen LogP) is 1.30. The lowest BCUT2D eigenvalue weighted by atomic mass is 10.2. The Morgan fingerprint density at radius 2 is 1.20 bits per heavy atom. The average molecular weight is 282 g/mol. The molecule has 2 N–H and O–H groups in total. The van der Waals surface area contributed by atoms with Crippen molar-refractivity contribution < 1.29 is 14.4 Å². The summed E-state index contributed by atoms with van der Waals surface area (Å²) in [7, 11) is 0. The Morgan fingerprint density at radius 1 is 0.750 bits per heavy atom. The van der Waals surface area contributed by atoms with E-state index in [4.69, 9.17) is 0 Å². The Bertz CT molecular complexity index is 348. The second-order valence-electron chi connectivity index (χ2n) is 4.25. The number of nitrogens with zero attached hydrogens (tertiary/aromatic N) is 2. The fourth-order valence-electron chi connectivity index (χ4n) is 1.54. The van der Waals surface area contributed by atoms with Crippen LogP contribution in [0, 0.1) is 0 Å². The number of unbranched alkanes of at least 4 members (excludes halogenated alkanes) is 4. The highest BCUT2D eigenvalue weighted by atomic mass is 16.2. The molecule has 0 aromatic heterocycles. The van der Waals surface area contributed by atoms with Gasteiger partial charge >= 0.3 is 6.03 Å². The molecule has 0 saturated heterocycles. The van der Waals surface area contributed by atoms with Crippen LogP contribution in [0.5, 0.6) is 0 Å². The van der Waals surface area contributed by atoms with Gasteiger partial charge in [0.1, 0.15) is 0 Å². The van der Waals surface area contributed by atoms with E-state index in [-0.39, 0.29) is 6.03 Å². The van der Waals surface area contributed by atoms with E-state index in [0.717, 1.165) is 38.5 Å². The molecule has 0 atom stereocenters. The van der Waals surface area contributed by atoms with Crippen LogP contribution in [0.3, 0.4) is 0 Å². The Balaban J connectivity index is 3.23. The molecule has 112 valence electrons. The predicted molar refractivity (Wildman–Crippen MR) is 75.1 cm³/mol. The van der Waals surface area contributed by atoms with E-state index >= 15 is 0 Å². The summed E-state index contributed by atoms with van der Waals surface area (Å²) in [5.41, 5.74) is 0. The van der Waals surface area contributed by atoms with Crippen molar-refractivity contribution in [1.82, 2.24) is 10.6 Å². The summed E-state index contributed by atoms with van der Waals surface area (Å²) in [6.45, 7) is 2.20. The minimum Gasteiger partial charge on any atom is -0.338 e. The summed E-state index contributed by atoms with van der Waals surface area (Å²) in [6, 6.07) is -0.172. The van der Waals surface area contributed by atoms with Crippen molar-refractivity contribution in [2.24, 2.45) is 9.98 Å². The number of urea groups is 1. The second kappa shape index (κ2) is 15.1. The summed E-state index contributed by atoms with van der Waals surface area (Å²) in [4.78, 5) is 37.8. The molecule has 0 unspecified atom stereocenters.